The fourth-order valence-electron chi connectivity index (χ4n) is 1.62. The molecule has 0 atom stereocenters. The van der Waals surface area contributed by atoms with Gasteiger partial charge in [0.1, 0.15) is 5.69 Å². The smallest absolute Gasteiger partial charge is 0.276 e. The molecule has 1 heterocycles. The van der Waals surface area contributed by atoms with Crippen LogP contribution in [0.2, 0.25) is 5.02 Å². The highest BCUT2D eigenvalue weighted by molar-refractivity contribution is 9.10. The average molecular weight is 329 g/mol. The number of rotatable bonds is 2. The van der Waals surface area contributed by atoms with Gasteiger partial charge in [0.05, 0.1) is 10.7 Å². The van der Waals surface area contributed by atoms with Crippen LogP contribution in [0.4, 0.5) is 5.69 Å². The number of hydrogen-bond acceptors (Lipinski definition) is 2. The molecule has 1 aromatic carbocycles. The molecule has 0 aliphatic rings. The van der Waals surface area contributed by atoms with Crippen LogP contribution >= 0.6 is 27.5 Å². The highest BCUT2D eigenvalue weighted by Gasteiger charge is 2.18. The van der Waals surface area contributed by atoms with Gasteiger partial charge in [-0.2, -0.15) is 5.10 Å². The normalized spacial score (nSPS) is 10.4. The van der Waals surface area contributed by atoms with Gasteiger partial charge < -0.3 is 4.90 Å². The minimum absolute atomic E-state index is 0.153. The number of aryl methyl sites for hydroxylation is 1. The molecule has 0 unspecified atom stereocenters. The number of hydrogen-bond donors (Lipinski definition) is 0. The Kier molecular flexibility index (Phi) is 3.73. The fraction of sp³-hybridized carbons (Fsp3) is 0.167. The lowest BCUT2D eigenvalue weighted by atomic mass is 10.2. The van der Waals surface area contributed by atoms with Crippen molar-refractivity contribution in [3.8, 4) is 0 Å². The number of carbonyl (C=O) groups excluding carboxylic acids is 1. The second-order valence-corrected chi connectivity index (χ2v) is 5.12. The molecule has 0 N–H and O–H groups in total. The van der Waals surface area contributed by atoms with E-state index in [4.69, 9.17) is 11.6 Å². The molecule has 0 saturated heterocycles. The van der Waals surface area contributed by atoms with E-state index in [1.807, 2.05) is 6.07 Å². The molecule has 0 aliphatic carbocycles. The second kappa shape index (κ2) is 5.12. The summed E-state index contributed by atoms with van der Waals surface area (Å²) in [6, 6.07) is 7.06. The Bertz CT molecular complexity index is 597. The Labute approximate surface area is 118 Å². The van der Waals surface area contributed by atoms with Gasteiger partial charge in [-0.3, -0.25) is 9.48 Å². The number of nitrogens with zero attached hydrogens (tertiary/aromatic N) is 3. The van der Waals surface area contributed by atoms with E-state index in [9.17, 15) is 4.79 Å². The van der Waals surface area contributed by atoms with Gasteiger partial charge in [0, 0.05) is 24.8 Å². The van der Waals surface area contributed by atoms with Crippen LogP contribution in [-0.2, 0) is 7.05 Å². The van der Waals surface area contributed by atoms with Crippen molar-refractivity contribution in [2.75, 3.05) is 11.9 Å². The van der Waals surface area contributed by atoms with Crippen molar-refractivity contribution in [1.29, 1.82) is 0 Å². The van der Waals surface area contributed by atoms with Crippen molar-refractivity contribution in [3.63, 3.8) is 0 Å². The van der Waals surface area contributed by atoms with E-state index in [1.165, 1.54) is 9.58 Å². The number of anilines is 1. The summed E-state index contributed by atoms with van der Waals surface area (Å²) < 4.78 is 2.41. The number of carbonyl (C=O) groups is 1. The van der Waals surface area contributed by atoms with Crippen molar-refractivity contribution in [2.24, 2.45) is 7.05 Å². The van der Waals surface area contributed by atoms with Crippen LogP contribution < -0.4 is 4.90 Å². The van der Waals surface area contributed by atoms with E-state index >= 15 is 0 Å². The van der Waals surface area contributed by atoms with Crippen LogP contribution in [0.5, 0.6) is 0 Å². The van der Waals surface area contributed by atoms with Crippen molar-refractivity contribution >= 4 is 39.1 Å². The van der Waals surface area contributed by atoms with Crippen LogP contribution in [-0.4, -0.2) is 22.7 Å². The first-order valence-corrected chi connectivity index (χ1v) is 6.39. The zero-order valence-electron chi connectivity index (χ0n) is 9.89. The number of benzene rings is 1. The van der Waals surface area contributed by atoms with Crippen molar-refractivity contribution < 1.29 is 4.79 Å². The van der Waals surface area contributed by atoms with Crippen molar-refractivity contribution in [2.45, 2.75) is 0 Å². The molecule has 18 heavy (non-hydrogen) atoms. The maximum atomic E-state index is 12.3. The summed E-state index contributed by atoms with van der Waals surface area (Å²) in [6.07, 6.45) is 1.59. The Hall–Kier alpha value is -1.33. The lowest BCUT2D eigenvalue weighted by molar-refractivity contribution is 0.0984. The van der Waals surface area contributed by atoms with Gasteiger partial charge in [-0.05, 0) is 24.3 Å². The molecule has 6 heteroatoms. The van der Waals surface area contributed by atoms with Gasteiger partial charge in [0.25, 0.3) is 5.91 Å². The predicted octanol–water partition coefficient (Wildman–Crippen LogP) is 3.11. The Morgan fingerprint density at radius 2 is 2.17 bits per heavy atom. The molecule has 0 radical (unpaired) electrons. The van der Waals surface area contributed by atoms with E-state index in [0.29, 0.717) is 16.4 Å². The monoisotopic (exact) mass is 327 g/mol. The van der Waals surface area contributed by atoms with Gasteiger partial charge in [0.2, 0.25) is 0 Å². The predicted molar refractivity (Wildman–Crippen MR) is 75.1 cm³/mol. The van der Waals surface area contributed by atoms with E-state index in [0.717, 1.165) is 4.47 Å². The first-order chi connectivity index (χ1) is 8.50. The fourth-order valence-corrected chi connectivity index (χ4v) is 2.42. The Morgan fingerprint density at radius 3 is 2.72 bits per heavy atom. The molecule has 94 valence electrons. The molecule has 1 amide bonds. The summed E-state index contributed by atoms with van der Waals surface area (Å²) in [6.45, 7) is 0. The summed E-state index contributed by atoms with van der Waals surface area (Å²) in [5, 5.41) is 4.50. The summed E-state index contributed by atoms with van der Waals surface area (Å²) in [5.41, 5.74) is 1.17. The molecular formula is C12H11BrClN3O. The first kappa shape index (κ1) is 13.1. The molecule has 4 nitrogen and oxygen atoms in total. The summed E-state index contributed by atoms with van der Waals surface area (Å²) in [5.74, 6) is -0.153. The molecule has 0 aliphatic heterocycles. The topological polar surface area (TPSA) is 38.1 Å². The molecule has 0 fully saturated rings. The third-order valence-electron chi connectivity index (χ3n) is 2.62. The third kappa shape index (κ3) is 2.42. The van der Waals surface area contributed by atoms with Crippen LogP contribution in [0.25, 0.3) is 0 Å². The largest absolute Gasteiger partial charge is 0.309 e. The lowest BCUT2D eigenvalue weighted by Gasteiger charge is -2.18. The standard InChI is InChI=1S/C12H11BrClN3O/c1-16(10-4-3-8(13)7-9(10)14)12(18)11-5-6-15-17(11)2/h3-7H,1-2H3. The third-order valence-corrected chi connectivity index (χ3v) is 3.41. The summed E-state index contributed by atoms with van der Waals surface area (Å²) in [7, 11) is 3.41. The second-order valence-electron chi connectivity index (χ2n) is 3.80. The Morgan fingerprint density at radius 1 is 1.44 bits per heavy atom. The molecule has 0 saturated carbocycles. The van der Waals surface area contributed by atoms with Crippen LogP contribution in [0.3, 0.4) is 0 Å². The number of aromatic nitrogens is 2. The maximum absolute atomic E-state index is 12.3. The van der Waals surface area contributed by atoms with Crippen LogP contribution in [0, 0.1) is 0 Å². The minimum Gasteiger partial charge on any atom is -0.309 e. The molecule has 1 aromatic heterocycles. The van der Waals surface area contributed by atoms with Gasteiger partial charge in [-0.25, -0.2) is 0 Å². The van der Waals surface area contributed by atoms with Crippen LogP contribution in [0.1, 0.15) is 10.5 Å². The summed E-state index contributed by atoms with van der Waals surface area (Å²) >= 11 is 9.45. The zero-order chi connectivity index (χ0) is 13.3. The van der Waals surface area contributed by atoms with Crippen molar-refractivity contribution in [1.82, 2.24) is 9.78 Å². The zero-order valence-corrected chi connectivity index (χ0v) is 12.2. The van der Waals surface area contributed by atoms with Crippen molar-refractivity contribution in [3.05, 3.63) is 45.7 Å². The van der Waals surface area contributed by atoms with E-state index in [1.54, 1.807) is 38.5 Å². The summed E-state index contributed by atoms with van der Waals surface area (Å²) in [4.78, 5) is 13.8. The number of halogens is 2. The molecular weight excluding hydrogens is 318 g/mol. The highest BCUT2D eigenvalue weighted by atomic mass is 79.9. The molecule has 2 aromatic rings. The molecule has 0 spiro atoms. The first-order valence-electron chi connectivity index (χ1n) is 5.22. The SMILES string of the molecule is CN(C(=O)c1ccnn1C)c1ccc(Br)cc1Cl. The Balaban J connectivity index is 2.34. The number of amides is 1. The van der Waals surface area contributed by atoms with Gasteiger partial charge in [-0.15, -0.1) is 0 Å². The van der Waals surface area contributed by atoms with Gasteiger partial charge >= 0.3 is 0 Å². The van der Waals surface area contributed by atoms with Gasteiger partial charge in [-0.1, -0.05) is 27.5 Å². The molecule has 0 bridgehead atoms. The quantitative estimate of drug-likeness (QED) is 0.849. The van der Waals surface area contributed by atoms with E-state index in [-0.39, 0.29) is 5.91 Å². The average Bonchev–Trinajstić information content (AvgIpc) is 2.74. The van der Waals surface area contributed by atoms with Gasteiger partial charge in [0.15, 0.2) is 0 Å². The van der Waals surface area contributed by atoms with E-state index in [2.05, 4.69) is 21.0 Å². The maximum Gasteiger partial charge on any atom is 0.276 e. The molecule has 2 rings (SSSR count). The van der Waals surface area contributed by atoms with E-state index < -0.39 is 0 Å². The highest BCUT2D eigenvalue weighted by Crippen LogP contribution is 2.28. The minimum atomic E-state index is -0.153. The lowest BCUT2D eigenvalue weighted by Crippen LogP contribution is -2.28. The van der Waals surface area contributed by atoms with Crippen LogP contribution in [0.15, 0.2) is 34.9 Å².